The van der Waals surface area contributed by atoms with Crippen LogP contribution < -0.4 is 15.2 Å². The fourth-order valence-electron chi connectivity index (χ4n) is 3.50. The Morgan fingerprint density at radius 1 is 1.24 bits per heavy atom. The topological polar surface area (TPSA) is 125 Å². The van der Waals surface area contributed by atoms with Crippen molar-refractivity contribution in [2.24, 2.45) is 16.6 Å². The molecule has 8 nitrogen and oxygen atoms in total. The zero-order chi connectivity index (χ0) is 22.4. The minimum absolute atomic E-state index is 0.147. The van der Waals surface area contributed by atoms with E-state index in [0.717, 1.165) is 31.5 Å². The van der Waals surface area contributed by atoms with Gasteiger partial charge in [-0.25, -0.2) is 11.1 Å². The van der Waals surface area contributed by atoms with E-state index in [0.29, 0.717) is 23.9 Å². The number of nitrogens with zero attached hydrogens (tertiary/aromatic N) is 2. The molecule has 0 spiro atoms. The Hall–Kier alpha value is -2.48. The number of ether oxygens (including phenoxy) is 2. The zero-order valence-corrected chi connectivity index (χ0v) is 18.6. The summed E-state index contributed by atoms with van der Waals surface area (Å²) < 4.78 is 11.0. The Morgan fingerprint density at radius 3 is 2.28 bits per heavy atom. The molecule has 1 unspecified atom stereocenters. The SMILES string of the molecule is CC.CCN=C(N)C(c1cccc(OC)c1OC)N1CCC(C(C)=O)CC1.N=N. The van der Waals surface area contributed by atoms with Crippen LogP contribution in [0.4, 0.5) is 0 Å². The van der Waals surface area contributed by atoms with Crippen LogP contribution in [0.15, 0.2) is 23.2 Å². The van der Waals surface area contributed by atoms with Crippen molar-refractivity contribution < 1.29 is 14.3 Å². The van der Waals surface area contributed by atoms with Crippen molar-refractivity contribution in [3.05, 3.63) is 23.8 Å². The molecule has 8 heteroatoms. The highest BCUT2D eigenvalue weighted by Crippen LogP contribution is 2.38. The molecule has 2 rings (SSSR count). The molecule has 1 fully saturated rings. The van der Waals surface area contributed by atoms with Gasteiger partial charge >= 0.3 is 0 Å². The van der Waals surface area contributed by atoms with Crippen LogP contribution in [0, 0.1) is 17.0 Å². The van der Waals surface area contributed by atoms with E-state index in [4.69, 9.17) is 26.3 Å². The van der Waals surface area contributed by atoms with Gasteiger partial charge in [0.2, 0.25) is 0 Å². The number of amidine groups is 1. The molecule has 1 heterocycles. The van der Waals surface area contributed by atoms with E-state index in [9.17, 15) is 4.79 Å². The fourth-order valence-corrected chi connectivity index (χ4v) is 3.50. The summed E-state index contributed by atoms with van der Waals surface area (Å²) in [5, 5.41) is 0. The molecule has 1 aliphatic rings. The molecule has 0 aromatic heterocycles. The van der Waals surface area contributed by atoms with Gasteiger partial charge < -0.3 is 15.2 Å². The van der Waals surface area contributed by atoms with E-state index >= 15 is 0 Å². The molecular formula is C21H37N5O3. The third kappa shape index (κ3) is 7.12. The number of carbonyl (C=O) groups excluding carboxylic acids is 1. The number of nitrogens with one attached hydrogen (secondary N) is 2. The molecule has 1 atom stereocenters. The number of para-hydroxylation sites is 1. The van der Waals surface area contributed by atoms with E-state index in [1.54, 1.807) is 21.1 Å². The summed E-state index contributed by atoms with van der Waals surface area (Å²) in [6.45, 7) is 9.87. The summed E-state index contributed by atoms with van der Waals surface area (Å²) in [5.41, 5.74) is 17.3. The molecule has 1 aromatic rings. The molecule has 0 amide bonds. The third-order valence-electron chi connectivity index (χ3n) is 4.82. The first kappa shape index (κ1) is 26.5. The van der Waals surface area contributed by atoms with Crippen LogP contribution in [0.1, 0.15) is 52.1 Å². The predicted octanol–water partition coefficient (Wildman–Crippen LogP) is 4.05. The molecule has 1 aromatic carbocycles. The summed E-state index contributed by atoms with van der Waals surface area (Å²) in [6.07, 6.45) is 1.69. The number of likely N-dealkylation sites (tertiary alicyclic amines) is 1. The Labute approximate surface area is 174 Å². The Kier molecular flexibility index (Phi) is 13.3. The van der Waals surface area contributed by atoms with Gasteiger partial charge in [0.15, 0.2) is 11.5 Å². The zero-order valence-electron chi connectivity index (χ0n) is 18.6. The van der Waals surface area contributed by atoms with Gasteiger partial charge in [-0.15, -0.1) is 0 Å². The number of rotatable bonds is 7. The summed E-state index contributed by atoms with van der Waals surface area (Å²) >= 11 is 0. The largest absolute Gasteiger partial charge is 0.493 e. The van der Waals surface area contributed by atoms with Crippen LogP contribution in [0.25, 0.3) is 0 Å². The van der Waals surface area contributed by atoms with Crippen LogP contribution in [0.2, 0.25) is 0 Å². The van der Waals surface area contributed by atoms with Crippen molar-refractivity contribution in [1.82, 2.24) is 4.90 Å². The molecule has 0 aliphatic carbocycles. The number of ketones is 1. The summed E-state index contributed by atoms with van der Waals surface area (Å²) in [5.74, 6) is 2.33. The lowest BCUT2D eigenvalue weighted by molar-refractivity contribution is -0.122. The number of piperidine rings is 1. The van der Waals surface area contributed by atoms with Crippen LogP contribution >= 0.6 is 0 Å². The van der Waals surface area contributed by atoms with Crippen molar-refractivity contribution in [1.29, 1.82) is 11.1 Å². The number of methoxy groups -OCH3 is 2. The maximum Gasteiger partial charge on any atom is 0.165 e. The fraction of sp³-hybridized carbons (Fsp3) is 0.619. The second-order valence-corrected chi connectivity index (χ2v) is 6.31. The van der Waals surface area contributed by atoms with Crippen LogP contribution in [0.3, 0.4) is 0 Å². The molecular weight excluding hydrogens is 370 g/mol. The number of Topliss-reactive ketones (excluding diaryl/α,β-unsaturated/α-hetero) is 1. The minimum atomic E-state index is -0.182. The van der Waals surface area contributed by atoms with Gasteiger partial charge in [-0.2, -0.15) is 0 Å². The maximum atomic E-state index is 11.7. The van der Waals surface area contributed by atoms with Crippen LogP contribution in [-0.4, -0.2) is 50.4 Å². The summed E-state index contributed by atoms with van der Waals surface area (Å²) in [4.78, 5) is 18.4. The van der Waals surface area contributed by atoms with Crippen LogP contribution in [-0.2, 0) is 4.79 Å². The van der Waals surface area contributed by atoms with Crippen molar-refractivity contribution in [2.75, 3.05) is 33.9 Å². The predicted molar refractivity (Wildman–Crippen MR) is 116 cm³/mol. The molecule has 1 saturated heterocycles. The van der Waals surface area contributed by atoms with Gasteiger partial charge in [0, 0.05) is 18.0 Å². The lowest BCUT2D eigenvalue weighted by Gasteiger charge is -2.37. The number of aliphatic imine (C=N–C) groups is 1. The second kappa shape index (κ2) is 14.5. The number of nitrogens with two attached hydrogens (primary N) is 1. The number of carbonyl (C=O) groups is 1. The summed E-state index contributed by atoms with van der Waals surface area (Å²) in [7, 11) is 3.26. The number of benzene rings is 1. The average molecular weight is 408 g/mol. The minimum Gasteiger partial charge on any atom is -0.493 e. The van der Waals surface area contributed by atoms with Gasteiger partial charge in [0.1, 0.15) is 11.6 Å². The van der Waals surface area contributed by atoms with Gasteiger partial charge in [0.25, 0.3) is 0 Å². The number of hydrogen-bond acceptors (Lipinski definition) is 7. The highest BCUT2D eigenvalue weighted by Gasteiger charge is 2.32. The molecule has 0 saturated carbocycles. The second-order valence-electron chi connectivity index (χ2n) is 6.31. The lowest BCUT2D eigenvalue weighted by atomic mass is 9.91. The molecule has 29 heavy (non-hydrogen) atoms. The number of hydrogen-bond donors (Lipinski definition) is 3. The van der Waals surface area contributed by atoms with Crippen molar-refractivity contribution >= 4 is 11.6 Å². The van der Waals surface area contributed by atoms with Crippen molar-refractivity contribution in [3.8, 4) is 11.5 Å². The first-order valence-electron chi connectivity index (χ1n) is 10.0. The van der Waals surface area contributed by atoms with Gasteiger partial charge in [-0.1, -0.05) is 26.0 Å². The maximum absolute atomic E-state index is 11.7. The van der Waals surface area contributed by atoms with Crippen LogP contribution in [0.5, 0.6) is 11.5 Å². The van der Waals surface area contributed by atoms with Gasteiger partial charge in [-0.3, -0.25) is 14.7 Å². The van der Waals surface area contributed by atoms with E-state index < -0.39 is 0 Å². The highest BCUT2D eigenvalue weighted by atomic mass is 16.5. The Bertz CT molecular complexity index is 643. The first-order valence-corrected chi connectivity index (χ1v) is 10.0. The Morgan fingerprint density at radius 2 is 1.83 bits per heavy atom. The lowest BCUT2D eigenvalue weighted by Crippen LogP contribution is -2.43. The normalized spacial score (nSPS) is 15.9. The molecule has 0 bridgehead atoms. The molecule has 0 radical (unpaired) electrons. The third-order valence-corrected chi connectivity index (χ3v) is 4.82. The van der Waals surface area contributed by atoms with E-state index in [1.807, 2.05) is 39.0 Å². The Balaban J connectivity index is 0.00000184. The smallest absolute Gasteiger partial charge is 0.165 e. The molecule has 164 valence electrons. The van der Waals surface area contributed by atoms with E-state index in [2.05, 4.69) is 9.89 Å². The average Bonchev–Trinajstić information content (AvgIpc) is 2.77. The van der Waals surface area contributed by atoms with Crippen molar-refractivity contribution in [3.63, 3.8) is 0 Å². The standard InChI is InChI=1S/C19H29N3O3.C2H6.H2N2/c1-5-21-19(20)17(22-11-9-14(10-12-22)13(2)23)15-7-6-8-16(24-3)18(15)25-4;2*1-2/h6-8,14,17H,5,9-12H2,1-4H3,(H2,20,21);1-2H3;1-2H. The van der Waals surface area contributed by atoms with Gasteiger partial charge in [0.05, 0.1) is 20.3 Å². The molecule has 4 N–H and O–H groups in total. The van der Waals surface area contributed by atoms with E-state index in [1.165, 1.54) is 0 Å². The van der Waals surface area contributed by atoms with Gasteiger partial charge in [-0.05, 0) is 45.8 Å². The first-order chi connectivity index (χ1) is 14.0. The quantitative estimate of drug-likeness (QED) is 0.357. The van der Waals surface area contributed by atoms with E-state index in [-0.39, 0.29) is 17.7 Å². The highest BCUT2D eigenvalue weighted by molar-refractivity contribution is 5.88. The molecule has 1 aliphatic heterocycles. The summed E-state index contributed by atoms with van der Waals surface area (Å²) in [6, 6.07) is 5.62. The van der Waals surface area contributed by atoms with Crippen molar-refractivity contribution in [2.45, 2.75) is 46.6 Å². The monoisotopic (exact) mass is 407 g/mol.